The molecular weight excluding hydrogens is 496 g/mol. The Kier molecular flexibility index (Phi) is 7.62. The Morgan fingerprint density at radius 2 is 1.69 bits per heavy atom. The number of hydrogen-bond donors (Lipinski definition) is 4. The van der Waals surface area contributed by atoms with Crippen LogP contribution in [0, 0.1) is 12.3 Å². The van der Waals surface area contributed by atoms with Crippen molar-refractivity contribution in [2.45, 2.75) is 19.8 Å². The first-order valence-electron chi connectivity index (χ1n) is 10.8. The van der Waals surface area contributed by atoms with E-state index < -0.39 is 17.8 Å². The average molecular weight is 519 g/mol. The fraction of sp³-hybridized carbons (Fsp3) is 0.120. The van der Waals surface area contributed by atoms with E-state index >= 15 is 0 Å². The molecule has 0 radical (unpaired) electrons. The topological polar surface area (TPSA) is 140 Å². The lowest BCUT2D eigenvalue weighted by Crippen LogP contribution is -2.31. The molecule has 2 heterocycles. The third-order valence-corrected chi connectivity index (χ3v) is 7.17. The number of thiazole rings is 2. The molecule has 2 aromatic heterocycles. The van der Waals surface area contributed by atoms with Crippen LogP contribution < -0.4 is 10.7 Å². The molecule has 0 saturated carbocycles. The summed E-state index contributed by atoms with van der Waals surface area (Å²) in [5.74, 6) is -2.30. The number of hydrazone groups is 1. The highest BCUT2D eigenvalue weighted by Gasteiger charge is 2.23. The van der Waals surface area contributed by atoms with Crippen molar-refractivity contribution in [1.82, 2.24) is 9.97 Å². The van der Waals surface area contributed by atoms with E-state index in [2.05, 4.69) is 25.8 Å². The maximum atomic E-state index is 13.2. The van der Waals surface area contributed by atoms with Crippen LogP contribution in [0.3, 0.4) is 0 Å². The molecular formula is C25H22N6O3S2. The minimum Gasteiger partial charge on any atom is -0.481 e. The molecule has 4 rings (SSSR count). The number of amides is 1. The van der Waals surface area contributed by atoms with Gasteiger partial charge in [-0.05, 0) is 13.8 Å². The number of carbonyl (C=O) groups excluding carboxylic acids is 1. The normalized spacial score (nSPS) is 12.1. The Hall–Kier alpha value is -4.22. The van der Waals surface area contributed by atoms with E-state index in [1.165, 1.54) is 11.3 Å². The van der Waals surface area contributed by atoms with Crippen LogP contribution in [-0.2, 0) is 9.59 Å². The minimum absolute atomic E-state index is 0.0900. The fourth-order valence-corrected chi connectivity index (χ4v) is 4.93. The number of rotatable bonds is 9. The van der Waals surface area contributed by atoms with Gasteiger partial charge in [-0.1, -0.05) is 72.0 Å². The SMILES string of the molecule is Cc1nc(N/N=C(/C(=N)c2ccccc2)C(=O)Nc2nc(-c3ccccc3)cs2)sc1C(C)C(=O)O. The van der Waals surface area contributed by atoms with Gasteiger partial charge in [0.05, 0.1) is 23.0 Å². The van der Waals surface area contributed by atoms with Gasteiger partial charge in [0.15, 0.2) is 10.8 Å². The van der Waals surface area contributed by atoms with Crippen LogP contribution in [0.5, 0.6) is 0 Å². The molecule has 0 saturated heterocycles. The summed E-state index contributed by atoms with van der Waals surface area (Å²) in [5.41, 5.74) is 5.19. The molecule has 0 fully saturated rings. The number of anilines is 2. The second kappa shape index (κ2) is 11.0. The number of carbonyl (C=O) groups is 2. The van der Waals surface area contributed by atoms with Crippen LogP contribution in [0.2, 0.25) is 0 Å². The van der Waals surface area contributed by atoms with Crippen molar-refractivity contribution in [2.24, 2.45) is 5.10 Å². The highest BCUT2D eigenvalue weighted by Crippen LogP contribution is 2.30. The van der Waals surface area contributed by atoms with Gasteiger partial charge in [0.2, 0.25) is 5.13 Å². The highest BCUT2D eigenvalue weighted by molar-refractivity contribution is 7.16. The van der Waals surface area contributed by atoms with E-state index in [4.69, 9.17) is 5.41 Å². The van der Waals surface area contributed by atoms with Gasteiger partial charge in [-0.15, -0.1) is 11.3 Å². The van der Waals surface area contributed by atoms with Crippen LogP contribution in [0.25, 0.3) is 11.3 Å². The smallest absolute Gasteiger partial charge is 0.311 e. The number of carboxylic acid groups (broad SMARTS) is 1. The highest BCUT2D eigenvalue weighted by atomic mass is 32.1. The lowest BCUT2D eigenvalue weighted by atomic mass is 10.1. The molecule has 2 aromatic carbocycles. The predicted molar refractivity (Wildman–Crippen MR) is 143 cm³/mol. The zero-order valence-electron chi connectivity index (χ0n) is 19.4. The number of benzene rings is 2. The number of carboxylic acids is 1. The summed E-state index contributed by atoms with van der Waals surface area (Å²) in [5, 5.41) is 27.4. The predicted octanol–water partition coefficient (Wildman–Crippen LogP) is 5.24. The van der Waals surface area contributed by atoms with Crippen LogP contribution in [-0.4, -0.2) is 38.4 Å². The van der Waals surface area contributed by atoms with Crippen LogP contribution in [0.1, 0.15) is 29.0 Å². The van der Waals surface area contributed by atoms with Gasteiger partial charge >= 0.3 is 5.97 Å². The molecule has 9 nitrogen and oxygen atoms in total. The molecule has 0 aliphatic carbocycles. The van der Waals surface area contributed by atoms with Crippen molar-refractivity contribution in [3.05, 3.63) is 82.2 Å². The van der Waals surface area contributed by atoms with Gasteiger partial charge in [0.1, 0.15) is 0 Å². The van der Waals surface area contributed by atoms with Crippen molar-refractivity contribution in [3.63, 3.8) is 0 Å². The first-order chi connectivity index (χ1) is 17.3. The lowest BCUT2D eigenvalue weighted by Gasteiger charge is -2.08. The fourth-order valence-electron chi connectivity index (χ4n) is 3.26. The second-order valence-corrected chi connectivity index (χ2v) is 9.59. The van der Waals surface area contributed by atoms with Crippen LogP contribution in [0.15, 0.2) is 71.1 Å². The molecule has 0 spiro atoms. The summed E-state index contributed by atoms with van der Waals surface area (Å²) in [6, 6.07) is 18.4. The van der Waals surface area contributed by atoms with Crippen molar-refractivity contribution in [3.8, 4) is 11.3 Å². The summed E-state index contributed by atoms with van der Waals surface area (Å²) in [7, 11) is 0. The van der Waals surface area contributed by atoms with Gasteiger partial charge in [-0.3, -0.25) is 25.7 Å². The number of aromatic nitrogens is 2. The monoisotopic (exact) mass is 518 g/mol. The number of aryl methyl sites for hydroxylation is 1. The Morgan fingerprint density at radius 3 is 2.36 bits per heavy atom. The summed E-state index contributed by atoms with van der Waals surface area (Å²) >= 11 is 2.41. The second-order valence-electron chi connectivity index (χ2n) is 7.70. The Bertz CT molecular complexity index is 1430. The molecule has 1 atom stereocenters. The first kappa shape index (κ1) is 24.9. The third kappa shape index (κ3) is 5.70. The minimum atomic E-state index is -0.957. The van der Waals surface area contributed by atoms with Crippen molar-refractivity contribution >= 4 is 56.2 Å². The molecule has 36 heavy (non-hydrogen) atoms. The molecule has 4 N–H and O–H groups in total. The van der Waals surface area contributed by atoms with E-state index in [-0.39, 0.29) is 11.4 Å². The van der Waals surface area contributed by atoms with Crippen molar-refractivity contribution in [1.29, 1.82) is 5.41 Å². The largest absolute Gasteiger partial charge is 0.481 e. The molecule has 1 unspecified atom stereocenters. The third-order valence-electron chi connectivity index (χ3n) is 5.17. The van der Waals surface area contributed by atoms with Gasteiger partial charge < -0.3 is 5.11 Å². The molecule has 0 aliphatic heterocycles. The van der Waals surface area contributed by atoms with Gasteiger partial charge in [-0.2, -0.15) is 5.10 Å². The van der Waals surface area contributed by atoms with E-state index in [9.17, 15) is 14.7 Å². The number of nitrogens with zero attached hydrogens (tertiary/aromatic N) is 3. The molecule has 11 heteroatoms. The van der Waals surface area contributed by atoms with E-state index in [0.717, 1.165) is 22.6 Å². The summed E-state index contributed by atoms with van der Waals surface area (Å²) in [6.45, 7) is 3.30. The molecule has 182 valence electrons. The Balaban J connectivity index is 1.60. The molecule has 0 bridgehead atoms. The first-order valence-corrected chi connectivity index (χ1v) is 12.5. The van der Waals surface area contributed by atoms with Gasteiger partial charge in [0, 0.05) is 21.4 Å². The van der Waals surface area contributed by atoms with Crippen molar-refractivity contribution in [2.75, 3.05) is 10.7 Å². The zero-order chi connectivity index (χ0) is 25.7. The Labute approximate surface area is 215 Å². The van der Waals surface area contributed by atoms with Gasteiger partial charge in [-0.25, -0.2) is 9.97 Å². The van der Waals surface area contributed by atoms with Crippen LogP contribution >= 0.6 is 22.7 Å². The maximum Gasteiger partial charge on any atom is 0.311 e. The van der Waals surface area contributed by atoms with Crippen LogP contribution in [0.4, 0.5) is 10.3 Å². The molecule has 4 aromatic rings. The zero-order valence-corrected chi connectivity index (χ0v) is 21.0. The van der Waals surface area contributed by atoms with E-state index in [1.54, 1.807) is 38.1 Å². The summed E-state index contributed by atoms with van der Waals surface area (Å²) in [4.78, 5) is 34.0. The molecule has 0 aliphatic rings. The number of aliphatic carboxylic acids is 1. The lowest BCUT2D eigenvalue weighted by molar-refractivity contribution is -0.138. The average Bonchev–Trinajstić information content (AvgIpc) is 3.50. The maximum absolute atomic E-state index is 13.2. The summed E-state index contributed by atoms with van der Waals surface area (Å²) < 4.78 is 0. The van der Waals surface area contributed by atoms with E-state index in [0.29, 0.717) is 26.4 Å². The standard InChI is InChI=1S/C25H22N6O3S2/c1-14(23(33)34)21-15(2)27-25(36-21)31-30-20(19(26)17-11-7-4-8-12-17)22(32)29-24-28-18(13-35-24)16-9-5-3-6-10-16/h3-14,26H,1-2H3,(H,27,31)(H,33,34)(H,28,29,32)/b26-19?,30-20-. The summed E-state index contributed by atoms with van der Waals surface area (Å²) in [6.07, 6.45) is 0. The number of nitrogens with one attached hydrogen (secondary N) is 3. The van der Waals surface area contributed by atoms with E-state index in [1.807, 2.05) is 41.8 Å². The number of hydrogen-bond acceptors (Lipinski definition) is 9. The quantitative estimate of drug-likeness (QED) is 0.176. The van der Waals surface area contributed by atoms with Gasteiger partial charge in [0.25, 0.3) is 5.91 Å². The molecule has 1 amide bonds. The Morgan fingerprint density at radius 1 is 1.03 bits per heavy atom. The van der Waals surface area contributed by atoms with Crippen molar-refractivity contribution < 1.29 is 14.7 Å².